The average molecular weight is 252 g/mol. The molecule has 2 aromatic heterocycles. The zero-order chi connectivity index (χ0) is 13.2. The quantitative estimate of drug-likeness (QED) is 0.777. The van der Waals surface area contributed by atoms with Crippen LogP contribution in [0.4, 0.5) is 0 Å². The zero-order valence-electron chi connectivity index (χ0n) is 11.0. The third-order valence-electron chi connectivity index (χ3n) is 3.35. The lowest BCUT2D eigenvalue weighted by molar-refractivity contribution is 0.645. The second-order valence-electron chi connectivity index (χ2n) is 4.58. The van der Waals surface area contributed by atoms with Crippen molar-refractivity contribution in [2.45, 2.75) is 6.04 Å². The first-order valence-corrected chi connectivity index (χ1v) is 6.29. The number of nitrogens with zero attached hydrogens (tertiary/aromatic N) is 3. The van der Waals surface area contributed by atoms with Crippen molar-refractivity contribution in [1.29, 1.82) is 0 Å². The minimum Gasteiger partial charge on any atom is -0.308 e. The number of fused-ring (bicyclic) bond motifs is 1. The predicted molar refractivity (Wildman–Crippen MR) is 75.9 cm³/mol. The Balaban J connectivity index is 2.16. The van der Waals surface area contributed by atoms with E-state index in [4.69, 9.17) is 0 Å². The molecule has 0 spiro atoms. The summed E-state index contributed by atoms with van der Waals surface area (Å²) in [6.45, 7) is 0. The van der Waals surface area contributed by atoms with E-state index in [9.17, 15) is 0 Å². The maximum absolute atomic E-state index is 4.50. The lowest BCUT2D eigenvalue weighted by Crippen LogP contribution is -2.18. The van der Waals surface area contributed by atoms with Crippen LogP contribution in [0.1, 0.15) is 17.3 Å². The van der Waals surface area contributed by atoms with E-state index < -0.39 is 0 Å². The molecule has 4 nitrogen and oxygen atoms in total. The Labute approximate surface area is 112 Å². The summed E-state index contributed by atoms with van der Waals surface area (Å²) in [5, 5.41) is 10.2. The van der Waals surface area contributed by atoms with Crippen molar-refractivity contribution in [3.8, 4) is 0 Å². The number of aromatic nitrogens is 3. The second kappa shape index (κ2) is 4.82. The Kier molecular flexibility index (Phi) is 3.01. The molecule has 0 fully saturated rings. The minimum absolute atomic E-state index is 0.0779. The molecule has 1 atom stereocenters. The Morgan fingerprint density at radius 2 is 2.11 bits per heavy atom. The largest absolute Gasteiger partial charge is 0.308 e. The topological polar surface area (TPSA) is 42.7 Å². The van der Waals surface area contributed by atoms with E-state index in [0.717, 1.165) is 11.1 Å². The SMILES string of the molecule is CNC(c1ccn(C)n1)c1cccc2ccncc12. The fourth-order valence-electron chi connectivity index (χ4n) is 2.44. The summed E-state index contributed by atoms with van der Waals surface area (Å²) in [5.41, 5.74) is 2.22. The highest BCUT2D eigenvalue weighted by Crippen LogP contribution is 2.27. The highest BCUT2D eigenvalue weighted by molar-refractivity contribution is 5.85. The first-order valence-electron chi connectivity index (χ1n) is 6.29. The molecule has 3 aromatic rings. The maximum atomic E-state index is 4.50. The number of rotatable bonds is 3. The third-order valence-corrected chi connectivity index (χ3v) is 3.35. The number of hydrogen-bond acceptors (Lipinski definition) is 3. The summed E-state index contributed by atoms with van der Waals surface area (Å²) >= 11 is 0. The molecule has 1 N–H and O–H groups in total. The van der Waals surface area contributed by atoms with Gasteiger partial charge in [0.05, 0.1) is 11.7 Å². The molecule has 4 heteroatoms. The van der Waals surface area contributed by atoms with Crippen LogP contribution >= 0.6 is 0 Å². The van der Waals surface area contributed by atoms with Crippen LogP contribution in [0.2, 0.25) is 0 Å². The van der Waals surface area contributed by atoms with Gasteiger partial charge in [-0.25, -0.2) is 0 Å². The number of benzene rings is 1. The predicted octanol–water partition coefficient (Wildman–Crippen LogP) is 2.28. The zero-order valence-corrected chi connectivity index (χ0v) is 11.0. The highest BCUT2D eigenvalue weighted by atomic mass is 15.3. The smallest absolute Gasteiger partial charge is 0.0839 e. The average Bonchev–Trinajstić information content (AvgIpc) is 2.86. The van der Waals surface area contributed by atoms with Crippen molar-refractivity contribution in [2.75, 3.05) is 7.05 Å². The lowest BCUT2D eigenvalue weighted by atomic mass is 9.98. The van der Waals surface area contributed by atoms with Gasteiger partial charge in [0.1, 0.15) is 0 Å². The van der Waals surface area contributed by atoms with E-state index >= 15 is 0 Å². The molecule has 0 aliphatic carbocycles. The molecular weight excluding hydrogens is 236 g/mol. The summed E-state index contributed by atoms with van der Waals surface area (Å²) in [7, 11) is 3.88. The van der Waals surface area contributed by atoms with Crippen molar-refractivity contribution in [1.82, 2.24) is 20.1 Å². The standard InChI is InChI=1S/C15H16N4/c1-16-15(14-7-9-19(2)18-14)12-5-3-4-11-6-8-17-10-13(11)12/h3-10,15-16H,1-2H3. The Morgan fingerprint density at radius 1 is 1.21 bits per heavy atom. The van der Waals surface area contributed by atoms with Crippen LogP contribution in [0, 0.1) is 0 Å². The Bertz CT molecular complexity index is 697. The summed E-state index contributed by atoms with van der Waals surface area (Å²) in [6.07, 6.45) is 5.70. The first-order chi connectivity index (χ1) is 9.29. The van der Waals surface area contributed by atoms with Gasteiger partial charge in [-0.05, 0) is 30.1 Å². The van der Waals surface area contributed by atoms with Crippen LogP contribution in [-0.2, 0) is 7.05 Å². The third kappa shape index (κ3) is 2.11. The molecule has 1 unspecified atom stereocenters. The van der Waals surface area contributed by atoms with Crippen LogP contribution in [0.25, 0.3) is 10.8 Å². The normalized spacial score (nSPS) is 12.7. The van der Waals surface area contributed by atoms with Crippen LogP contribution in [0.15, 0.2) is 48.9 Å². The molecule has 3 rings (SSSR count). The van der Waals surface area contributed by atoms with E-state index in [-0.39, 0.29) is 6.04 Å². The van der Waals surface area contributed by atoms with Gasteiger partial charge in [-0.1, -0.05) is 18.2 Å². The molecule has 0 saturated carbocycles. The summed E-state index contributed by atoms with van der Waals surface area (Å²) in [6, 6.07) is 10.4. The fourth-order valence-corrected chi connectivity index (χ4v) is 2.44. The van der Waals surface area contributed by atoms with Gasteiger partial charge >= 0.3 is 0 Å². The monoisotopic (exact) mass is 252 g/mol. The molecule has 0 radical (unpaired) electrons. The fraction of sp³-hybridized carbons (Fsp3) is 0.200. The molecule has 2 heterocycles. The van der Waals surface area contributed by atoms with E-state index in [1.807, 2.05) is 49.5 Å². The molecule has 0 aliphatic heterocycles. The van der Waals surface area contributed by atoms with Gasteiger partial charge in [-0.3, -0.25) is 9.67 Å². The Hall–Kier alpha value is -2.20. The second-order valence-corrected chi connectivity index (χ2v) is 4.58. The maximum Gasteiger partial charge on any atom is 0.0839 e. The van der Waals surface area contributed by atoms with Crippen LogP contribution < -0.4 is 5.32 Å². The highest BCUT2D eigenvalue weighted by Gasteiger charge is 2.16. The molecule has 96 valence electrons. The van der Waals surface area contributed by atoms with Crippen LogP contribution in [-0.4, -0.2) is 21.8 Å². The summed E-state index contributed by atoms with van der Waals surface area (Å²) < 4.78 is 1.82. The molecule has 1 aromatic carbocycles. The molecule has 0 amide bonds. The van der Waals surface area contributed by atoms with Gasteiger partial charge in [0.25, 0.3) is 0 Å². The molecule has 0 bridgehead atoms. The number of hydrogen-bond donors (Lipinski definition) is 1. The lowest BCUT2D eigenvalue weighted by Gasteiger charge is -2.16. The van der Waals surface area contributed by atoms with Gasteiger partial charge in [0, 0.05) is 31.0 Å². The van der Waals surface area contributed by atoms with Crippen molar-refractivity contribution < 1.29 is 0 Å². The minimum atomic E-state index is 0.0779. The van der Waals surface area contributed by atoms with E-state index in [1.54, 1.807) is 0 Å². The number of aryl methyl sites for hydroxylation is 1. The summed E-state index contributed by atoms with van der Waals surface area (Å²) in [4.78, 5) is 4.24. The van der Waals surface area contributed by atoms with Gasteiger partial charge in [-0.15, -0.1) is 0 Å². The molecule has 0 aliphatic rings. The van der Waals surface area contributed by atoms with E-state index in [1.165, 1.54) is 10.9 Å². The van der Waals surface area contributed by atoms with Gasteiger partial charge in [0.15, 0.2) is 0 Å². The van der Waals surface area contributed by atoms with Gasteiger partial charge in [-0.2, -0.15) is 5.10 Å². The number of pyridine rings is 1. The molecular formula is C15H16N4. The van der Waals surface area contributed by atoms with E-state index in [2.05, 4.69) is 33.6 Å². The Morgan fingerprint density at radius 3 is 2.84 bits per heavy atom. The molecule has 0 saturated heterocycles. The van der Waals surface area contributed by atoms with E-state index in [0.29, 0.717) is 0 Å². The van der Waals surface area contributed by atoms with Crippen LogP contribution in [0.5, 0.6) is 0 Å². The van der Waals surface area contributed by atoms with Gasteiger partial charge < -0.3 is 5.32 Å². The van der Waals surface area contributed by atoms with Crippen molar-refractivity contribution in [3.05, 3.63) is 60.2 Å². The summed E-state index contributed by atoms with van der Waals surface area (Å²) in [5.74, 6) is 0. The van der Waals surface area contributed by atoms with Gasteiger partial charge in [0.2, 0.25) is 0 Å². The first kappa shape index (κ1) is 11.9. The molecule has 19 heavy (non-hydrogen) atoms. The van der Waals surface area contributed by atoms with Crippen LogP contribution in [0.3, 0.4) is 0 Å². The number of nitrogens with one attached hydrogen (secondary N) is 1. The van der Waals surface area contributed by atoms with Crippen molar-refractivity contribution >= 4 is 10.8 Å². The van der Waals surface area contributed by atoms with Crippen molar-refractivity contribution in [3.63, 3.8) is 0 Å². The van der Waals surface area contributed by atoms with Crippen molar-refractivity contribution in [2.24, 2.45) is 7.05 Å².